The molecule has 0 fully saturated rings. The highest BCUT2D eigenvalue weighted by molar-refractivity contribution is 7.17. The molecule has 108 valence electrons. The number of aliphatic hydroxyl groups excluding tert-OH is 1. The number of aryl methyl sites for hydroxylation is 2. The zero-order valence-electron chi connectivity index (χ0n) is 11.6. The van der Waals surface area contributed by atoms with E-state index in [-0.39, 0.29) is 23.8 Å². The highest BCUT2D eigenvalue weighted by atomic mass is 32.1. The Morgan fingerprint density at radius 2 is 2.25 bits per heavy atom. The summed E-state index contributed by atoms with van der Waals surface area (Å²) >= 11 is 1.42. The van der Waals surface area contributed by atoms with Crippen LogP contribution >= 0.6 is 11.3 Å². The first kappa shape index (κ1) is 14.7. The van der Waals surface area contributed by atoms with Crippen LogP contribution < -0.4 is 10.9 Å². The molecule has 2 rings (SSSR count). The first-order chi connectivity index (χ1) is 9.45. The van der Waals surface area contributed by atoms with Crippen LogP contribution in [0, 0.1) is 13.8 Å². The second kappa shape index (κ2) is 5.72. The second-order valence-corrected chi connectivity index (χ2v) is 5.91. The lowest BCUT2D eigenvalue weighted by Gasteiger charge is -2.11. The number of aromatic nitrogens is 2. The van der Waals surface area contributed by atoms with E-state index in [0.717, 1.165) is 10.6 Å². The zero-order chi connectivity index (χ0) is 14.9. The van der Waals surface area contributed by atoms with Crippen molar-refractivity contribution < 1.29 is 9.90 Å². The SMILES string of the molecule is Cc1sc2ncc(C(=O)NC(C)CCO)c(=O)n2c1C. The van der Waals surface area contributed by atoms with Crippen molar-refractivity contribution in [2.45, 2.75) is 33.2 Å². The van der Waals surface area contributed by atoms with Crippen LogP contribution in [0.5, 0.6) is 0 Å². The Labute approximate surface area is 120 Å². The lowest BCUT2D eigenvalue weighted by molar-refractivity contribution is 0.0932. The molecule has 2 aromatic heterocycles. The van der Waals surface area contributed by atoms with Gasteiger partial charge in [0.15, 0.2) is 4.96 Å². The Hall–Kier alpha value is -1.73. The summed E-state index contributed by atoms with van der Waals surface area (Å²) in [6, 6.07) is -0.196. The number of fused-ring (bicyclic) bond motifs is 1. The molecule has 0 radical (unpaired) electrons. The molecule has 1 atom stereocenters. The summed E-state index contributed by atoms with van der Waals surface area (Å²) in [4.78, 5) is 30.2. The number of rotatable bonds is 4. The Bertz CT molecular complexity index is 705. The summed E-state index contributed by atoms with van der Waals surface area (Å²) in [5.74, 6) is -0.457. The molecule has 1 amide bonds. The van der Waals surface area contributed by atoms with Crippen molar-refractivity contribution in [3.05, 3.63) is 32.7 Å². The summed E-state index contributed by atoms with van der Waals surface area (Å²) in [5.41, 5.74) is 0.472. The van der Waals surface area contributed by atoms with E-state index >= 15 is 0 Å². The van der Waals surface area contributed by atoms with Gasteiger partial charge in [-0.05, 0) is 27.2 Å². The first-order valence-corrected chi connectivity index (χ1v) is 7.16. The van der Waals surface area contributed by atoms with Crippen molar-refractivity contribution in [2.75, 3.05) is 6.61 Å². The molecule has 0 aliphatic carbocycles. The molecule has 0 aliphatic rings. The number of amides is 1. The molecule has 20 heavy (non-hydrogen) atoms. The van der Waals surface area contributed by atoms with Crippen LogP contribution in [0.25, 0.3) is 4.96 Å². The number of thiazole rings is 1. The van der Waals surface area contributed by atoms with E-state index in [1.807, 2.05) is 13.8 Å². The number of nitrogens with one attached hydrogen (secondary N) is 1. The molecule has 2 heterocycles. The maximum absolute atomic E-state index is 12.4. The van der Waals surface area contributed by atoms with Gasteiger partial charge in [0.2, 0.25) is 0 Å². The molecule has 0 saturated carbocycles. The van der Waals surface area contributed by atoms with E-state index in [1.54, 1.807) is 6.92 Å². The summed E-state index contributed by atoms with van der Waals surface area (Å²) in [7, 11) is 0. The summed E-state index contributed by atoms with van der Waals surface area (Å²) in [6.45, 7) is 5.51. The summed E-state index contributed by atoms with van der Waals surface area (Å²) in [5, 5.41) is 11.5. The summed E-state index contributed by atoms with van der Waals surface area (Å²) < 4.78 is 1.46. The lowest BCUT2D eigenvalue weighted by atomic mass is 10.2. The lowest BCUT2D eigenvalue weighted by Crippen LogP contribution is -2.37. The van der Waals surface area contributed by atoms with Gasteiger partial charge in [-0.15, -0.1) is 11.3 Å². The molecule has 0 saturated heterocycles. The van der Waals surface area contributed by atoms with Crippen molar-refractivity contribution in [3.8, 4) is 0 Å². The fourth-order valence-corrected chi connectivity index (χ4v) is 2.83. The van der Waals surface area contributed by atoms with Crippen molar-refractivity contribution >= 4 is 22.2 Å². The van der Waals surface area contributed by atoms with E-state index in [0.29, 0.717) is 11.4 Å². The smallest absolute Gasteiger partial charge is 0.271 e. The number of hydrogen-bond acceptors (Lipinski definition) is 5. The van der Waals surface area contributed by atoms with Crippen LogP contribution in [0.1, 0.15) is 34.3 Å². The minimum absolute atomic E-state index is 0.0133. The van der Waals surface area contributed by atoms with Gasteiger partial charge < -0.3 is 10.4 Å². The van der Waals surface area contributed by atoms with Crippen LogP contribution in [-0.4, -0.2) is 33.0 Å². The molecule has 0 aliphatic heterocycles. The average molecular weight is 295 g/mol. The van der Waals surface area contributed by atoms with Gasteiger partial charge in [-0.3, -0.25) is 14.0 Å². The highest BCUT2D eigenvalue weighted by Crippen LogP contribution is 2.18. The number of hydrogen-bond donors (Lipinski definition) is 2. The van der Waals surface area contributed by atoms with Gasteiger partial charge in [-0.1, -0.05) is 0 Å². The van der Waals surface area contributed by atoms with Crippen LogP contribution in [-0.2, 0) is 0 Å². The predicted molar refractivity (Wildman–Crippen MR) is 77.4 cm³/mol. The van der Waals surface area contributed by atoms with Crippen LogP contribution in [0.2, 0.25) is 0 Å². The molecular weight excluding hydrogens is 278 g/mol. The van der Waals surface area contributed by atoms with Crippen molar-refractivity contribution in [1.82, 2.24) is 14.7 Å². The topological polar surface area (TPSA) is 83.7 Å². The Kier molecular flexibility index (Phi) is 4.20. The van der Waals surface area contributed by atoms with Crippen LogP contribution in [0.3, 0.4) is 0 Å². The summed E-state index contributed by atoms with van der Waals surface area (Å²) in [6.07, 6.45) is 1.76. The normalized spacial score (nSPS) is 12.6. The molecule has 2 N–H and O–H groups in total. The van der Waals surface area contributed by atoms with E-state index in [9.17, 15) is 9.59 Å². The molecule has 2 aromatic rings. The van der Waals surface area contributed by atoms with Crippen molar-refractivity contribution in [3.63, 3.8) is 0 Å². The third kappa shape index (κ3) is 2.59. The molecule has 7 heteroatoms. The third-order valence-electron chi connectivity index (χ3n) is 3.20. The number of aliphatic hydroxyl groups is 1. The van der Waals surface area contributed by atoms with Crippen LogP contribution in [0.4, 0.5) is 0 Å². The molecule has 0 aromatic carbocycles. The van der Waals surface area contributed by atoms with Gasteiger partial charge in [0.1, 0.15) is 5.56 Å². The third-order valence-corrected chi connectivity index (χ3v) is 4.27. The Morgan fingerprint density at radius 3 is 2.90 bits per heavy atom. The van der Waals surface area contributed by atoms with Crippen LogP contribution in [0.15, 0.2) is 11.0 Å². The van der Waals surface area contributed by atoms with Gasteiger partial charge >= 0.3 is 0 Å². The highest BCUT2D eigenvalue weighted by Gasteiger charge is 2.17. The maximum atomic E-state index is 12.4. The van der Waals surface area contributed by atoms with Crippen molar-refractivity contribution in [2.24, 2.45) is 0 Å². The predicted octanol–water partition coefficient (Wildman–Crippen LogP) is 0.874. The molecule has 1 unspecified atom stereocenters. The zero-order valence-corrected chi connectivity index (χ0v) is 12.5. The number of nitrogens with zero attached hydrogens (tertiary/aromatic N) is 2. The second-order valence-electron chi connectivity index (χ2n) is 4.73. The van der Waals surface area contributed by atoms with Gasteiger partial charge in [-0.2, -0.15) is 0 Å². The first-order valence-electron chi connectivity index (χ1n) is 6.35. The fourth-order valence-electron chi connectivity index (χ4n) is 1.90. The van der Waals surface area contributed by atoms with E-state index in [2.05, 4.69) is 10.3 Å². The average Bonchev–Trinajstić information content (AvgIpc) is 2.66. The minimum Gasteiger partial charge on any atom is -0.396 e. The molecule has 0 bridgehead atoms. The number of carbonyl (C=O) groups is 1. The molecule has 6 nitrogen and oxygen atoms in total. The fraction of sp³-hybridized carbons (Fsp3) is 0.462. The van der Waals surface area contributed by atoms with E-state index in [1.165, 1.54) is 21.9 Å². The Morgan fingerprint density at radius 1 is 1.55 bits per heavy atom. The molecular formula is C13H17N3O3S. The van der Waals surface area contributed by atoms with Gasteiger partial charge in [0.25, 0.3) is 11.5 Å². The maximum Gasteiger partial charge on any atom is 0.271 e. The monoisotopic (exact) mass is 295 g/mol. The standard InChI is InChI=1S/C13H17N3O3S/c1-7(4-5-17)15-11(18)10-6-14-13-16(12(10)19)8(2)9(3)20-13/h6-7,17H,4-5H2,1-3H3,(H,15,18). The number of carbonyl (C=O) groups excluding carboxylic acids is 1. The van der Waals surface area contributed by atoms with Crippen molar-refractivity contribution in [1.29, 1.82) is 0 Å². The van der Waals surface area contributed by atoms with Gasteiger partial charge in [0, 0.05) is 29.4 Å². The Balaban J connectivity index is 2.40. The van der Waals surface area contributed by atoms with Gasteiger partial charge in [0.05, 0.1) is 0 Å². The molecule has 0 spiro atoms. The van der Waals surface area contributed by atoms with Gasteiger partial charge in [-0.25, -0.2) is 4.98 Å². The van der Waals surface area contributed by atoms with E-state index in [4.69, 9.17) is 5.11 Å². The van der Waals surface area contributed by atoms with E-state index < -0.39 is 5.91 Å². The minimum atomic E-state index is -0.457. The quantitative estimate of drug-likeness (QED) is 0.877. The largest absolute Gasteiger partial charge is 0.396 e.